The molecule has 0 amide bonds. The van der Waals surface area contributed by atoms with Gasteiger partial charge in [0.1, 0.15) is 46.9 Å². The number of carboxylic acid groups (broad SMARTS) is 1. The van der Waals surface area contributed by atoms with Crippen LogP contribution in [0.25, 0.3) is 11.0 Å². The summed E-state index contributed by atoms with van der Waals surface area (Å²) in [5.41, 5.74) is -1.41. The second-order valence-electron chi connectivity index (χ2n) is 6.86. The molecule has 0 aliphatic heterocycles. The van der Waals surface area contributed by atoms with Crippen molar-refractivity contribution in [3.05, 3.63) is 82.1 Å². The standard InChI is InChI=1S/C23H15F3O8/c1-30-12-2-4-13(5-3-12)33-20-19(27)16-8-6-14(10-18(16)34-21(20)23(24,25)26)31-11-15-7-9-17(32-15)22(28)29/h2-10H,11H2,1H3,(H,28,29)/p-1. The summed E-state index contributed by atoms with van der Waals surface area (Å²) in [5.74, 6) is -3.90. The van der Waals surface area contributed by atoms with Gasteiger partial charge in [0.2, 0.25) is 11.2 Å². The lowest BCUT2D eigenvalue weighted by atomic mass is 10.2. The molecule has 2 heterocycles. The first-order valence-electron chi connectivity index (χ1n) is 9.58. The first kappa shape index (κ1) is 22.8. The molecule has 0 fully saturated rings. The van der Waals surface area contributed by atoms with E-state index in [1.165, 1.54) is 55.6 Å². The third kappa shape index (κ3) is 4.68. The number of hydrogen-bond donors (Lipinski definition) is 0. The van der Waals surface area contributed by atoms with Gasteiger partial charge in [-0.05, 0) is 48.5 Å². The zero-order valence-corrected chi connectivity index (χ0v) is 17.3. The molecule has 2 aromatic carbocycles. The summed E-state index contributed by atoms with van der Waals surface area (Å²) in [7, 11) is 1.42. The highest BCUT2D eigenvalue weighted by Gasteiger charge is 2.40. The van der Waals surface area contributed by atoms with E-state index in [0.29, 0.717) is 5.75 Å². The fourth-order valence-corrected chi connectivity index (χ4v) is 3.01. The largest absolute Gasteiger partial charge is 0.542 e. The molecule has 176 valence electrons. The maximum absolute atomic E-state index is 13.7. The van der Waals surface area contributed by atoms with Crippen LogP contribution in [-0.4, -0.2) is 13.1 Å². The summed E-state index contributed by atoms with van der Waals surface area (Å²) in [4.78, 5) is 23.6. The molecular formula is C23H14F3O8-. The van der Waals surface area contributed by atoms with Crippen LogP contribution in [0.5, 0.6) is 23.0 Å². The molecule has 4 rings (SSSR count). The molecule has 4 aromatic rings. The molecule has 0 spiro atoms. The van der Waals surface area contributed by atoms with Crippen molar-refractivity contribution < 1.29 is 46.1 Å². The third-order valence-electron chi connectivity index (χ3n) is 4.60. The minimum atomic E-state index is -5.03. The van der Waals surface area contributed by atoms with Crippen LogP contribution in [-0.2, 0) is 12.8 Å². The normalized spacial score (nSPS) is 11.4. The number of fused-ring (bicyclic) bond motifs is 1. The molecule has 0 unspecified atom stereocenters. The van der Waals surface area contributed by atoms with Crippen molar-refractivity contribution in [2.24, 2.45) is 0 Å². The van der Waals surface area contributed by atoms with Gasteiger partial charge in [-0.3, -0.25) is 4.79 Å². The molecule has 34 heavy (non-hydrogen) atoms. The van der Waals surface area contributed by atoms with E-state index >= 15 is 0 Å². The quantitative estimate of drug-likeness (QED) is 0.392. The van der Waals surface area contributed by atoms with Gasteiger partial charge in [0.05, 0.1) is 12.5 Å². The Hall–Kier alpha value is -4.41. The molecule has 0 bridgehead atoms. The van der Waals surface area contributed by atoms with E-state index in [2.05, 4.69) is 0 Å². The number of halogens is 3. The minimum Gasteiger partial charge on any atom is -0.542 e. The lowest BCUT2D eigenvalue weighted by molar-refractivity contribution is -0.257. The van der Waals surface area contributed by atoms with Crippen LogP contribution in [0, 0.1) is 0 Å². The number of aromatic carboxylic acids is 1. The first-order valence-corrected chi connectivity index (χ1v) is 9.58. The van der Waals surface area contributed by atoms with Crippen molar-refractivity contribution in [3.8, 4) is 23.0 Å². The van der Waals surface area contributed by atoms with Crippen LogP contribution in [0.15, 0.2) is 68.2 Å². The summed E-state index contributed by atoms with van der Waals surface area (Å²) < 4.78 is 66.7. The van der Waals surface area contributed by atoms with Gasteiger partial charge < -0.3 is 32.9 Å². The number of carboxylic acids is 1. The highest BCUT2D eigenvalue weighted by atomic mass is 19.4. The van der Waals surface area contributed by atoms with E-state index in [1.807, 2.05) is 0 Å². The van der Waals surface area contributed by atoms with Crippen molar-refractivity contribution in [1.29, 1.82) is 0 Å². The maximum Gasteiger partial charge on any atom is 0.453 e. The third-order valence-corrected chi connectivity index (χ3v) is 4.60. The van der Waals surface area contributed by atoms with E-state index in [9.17, 15) is 27.9 Å². The van der Waals surface area contributed by atoms with Crippen molar-refractivity contribution in [2.75, 3.05) is 7.11 Å². The Morgan fingerprint density at radius 2 is 1.65 bits per heavy atom. The van der Waals surface area contributed by atoms with Crippen molar-refractivity contribution in [3.63, 3.8) is 0 Å². The minimum absolute atomic E-state index is 0.0210. The van der Waals surface area contributed by atoms with Gasteiger partial charge in [0.15, 0.2) is 0 Å². The van der Waals surface area contributed by atoms with E-state index in [0.717, 1.165) is 6.07 Å². The van der Waals surface area contributed by atoms with Gasteiger partial charge in [-0.15, -0.1) is 0 Å². The van der Waals surface area contributed by atoms with Crippen LogP contribution in [0.2, 0.25) is 0 Å². The smallest absolute Gasteiger partial charge is 0.453 e. The van der Waals surface area contributed by atoms with E-state index in [-0.39, 0.29) is 34.8 Å². The summed E-state index contributed by atoms with van der Waals surface area (Å²) in [6, 6.07) is 11.8. The van der Waals surface area contributed by atoms with E-state index < -0.39 is 34.8 Å². The first-order chi connectivity index (χ1) is 16.2. The lowest BCUT2D eigenvalue weighted by Gasteiger charge is -2.14. The topological polar surface area (TPSA) is 111 Å². The molecule has 0 radical (unpaired) electrons. The fraction of sp³-hybridized carbons (Fsp3) is 0.130. The van der Waals surface area contributed by atoms with Gasteiger partial charge in [-0.1, -0.05) is 0 Å². The zero-order valence-electron chi connectivity index (χ0n) is 17.3. The number of carbonyl (C=O) groups excluding carboxylic acids is 1. The summed E-state index contributed by atoms with van der Waals surface area (Å²) in [6.45, 7) is -0.228. The predicted molar refractivity (Wildman–Crippen MR) is 108 cm³/mol. The number of rotatable bonds is 7. The average molecular weight is 475 g/mol. The molecule has 2 aromatic heterocycles. The Labute approximate surface area is 188 Å². The molecular weight excluding hydrogens is 461 g/mol. The van der Waals surface area contributed by atoms with Crippen LogP contribution in [0.4, 0.5) is 13.2 Å². The molecule has 0 saturated carbocycles. The molecule has 11 heteroatoms. The van der Waals surface area contributed by atoms with Crippen LogP contribution in [0.1, 0.15) is 22.1 Å². The SMILES string of the molecule is COc1ccc(Oc2c(C(F)(F)F)oc3cc(OCc4ccc(C(=O)[O-])o4)ccc3c2=O)cc1. The maximum atomic E-state index is 13.7. The Kier molecular flexibility index (Phi) is 5.93. The van der Waals surface area contributed by atoms with Gasteiger partial charge in [0.25, 0.3) is 5.76 Å². The molecule has 0 aliphatic rings. The second kappa shape index (κ2) is 8.85. The van der Waals surface area contributed by atoms with Gasteiger partial charge >= 0.3 is 6.18 Å². The molecule has 0 aliphatic carbocycles. The lowest BCUT2D eigenvalue weighted by Crippen LogP contribution is -2.21. The monoisotopic (exact) mass is 475 g/mol. The summed E-state index contributed by atoms with van der Waals surface area (Å²) in [5, 5.41) is 10.6. The molecule has 0 saturated heterocycles. The van der Waals surface area contributed by atoms with Crippen LogP contribution in [0.3, 0.4) is 0 Å². The number of methoxy groups -OCH3 is 1. The van der Waals surface area contributed by atoms with Crippen LogP contribution >= 0.6 is 0 Å². The highest BCUT2D eigenvalue weighted by molar-refractivity contribution is 5.82. The summed E-state index contributed by atoms with van der Waals surface area (Å²) >= 11 is 0. The van der Waals surface area contributed by atoms with Crippen LogP contribution < -0.4 is 24.7 Å². The van der Waals surface area contributed by atoms with Gasteiger partial charge in [-0.2, -0.15) is 13.2 Å². The van der Waals surface area contributed by atoms with E-state index in [4.69, 9.17) is 23.0 Å². The highest BCUT2D eigenvalue weighted by Crippen LogP contribution is 2.39. The fourth-order valence-electron chi connectivity index (χ4n) is 3.01. The Morgan fingerprint density at radius 1 is 0.971 bits per heavy atom. The second-order valence-corrected chi connectivity index (χ2v) is 6.86. The van der Waals surface area contributed by atoms with E-state index in [1.54, 1.807) is 0 Å². The number of hydrogen-bond acceptors (Lipinski definition) is 8. The Balaban J connectivity index is 1.67. The molecule has 0 atom stereocenters. The number of carbonyl (C=O) groups is 1. The number of ether oxygens (including phenoxy) is 3. The molecule has 8 nitrogen and oxygen atoms in total. The average Bonchev–Trinajstić information content (AvgIpc) is 3.28. The zero-order chi connectivity index (χ0) is 24.5. The number of alkyl halides is 3. The van der Waals surface area contributed by atoms with Crippen molar-refractivity contribution in [1.82, 2.24) is 0 Å². The number of furan rings is 1. The Morgan fingerprint density at radius 3 is 2.26 bits per heavy atom. The predicted octanol–water partition coefficient (Wildman–Crippen LogP) is 4.15. The van der Waals surface area contributed by atoms with Crippen molar-refractivity contribution >= 4 is 16.9 Å². The summed E-state index contributed by atoms with van der Waals surface area (Å²) in [6.07, 6.45) is -5.03. The van der Waals surface area contributed by atoms with Crippen molar-refractivity contribution in [2.45, 2.75) is 12.8 Å². The number of benzene rings is 2. The molecule has 0 N–H and O–H groups in total. The van der Waals surface area contributed by atoms with Gasteiger partial charge in [0, 0.05) is 6.07 Å². The Bertz CT molecular complexity index is 1400. The van der Waals surface area contributed by atoms with Gasteiger partial charge in [-0.25, -0.2) is 0 Å².